The van der Waals surface area contributed by atoms with Crippen LogP contribution in [0.25, 0.3) is 0 Å². The predicted molar refractivity (Wildman–Crippen MR) is 38.9 cm³/mol. The molecule has 0 aliphatic carbocycles. The van der Waals surface area contributed by atoms with Crippen LogP contribution in [-0.4, -0.2) is 0 Å². The fourth-order valence-corrected chi connectivity index (χ4v) is 0.429. The topological polar surface area (TPSA) is 0 Å². The summed E-state index contributed by atoms with van der Waals surface area (Å²) in [6.07, 6.45) is 10.7. The number of rotatable bonds is 3. The van der Waals surface area contributed by atoms with Gasteiger partial charge in [-0.25, -0.2) is 0 Å². The Labute approximate surface area is 51.9 Å². The molecule has 0 fully saturated rings. The van der Waals surface area contributed by atoms with Crippen LogP contribution in [0.1, 0.15) is 26.7 Å². The summed E-state index contributed by atoms with van der Waals surface area (Å²) in [6, 6.07) is 0. The Bertz CT molecular complexity index is 66.0. The zero-order chi connectivity index (χ0) is 6.24. The summed E-state index contributed by atoms with van der Waals surface area (Å²) in [4.78, 5) is 0. The molecule has 0 rings (SSSR count). The van der Waals surface area contributed by atoms with Crippen molar-refractivity contribution in [2.24, 2.45) is 0 Å². The van der Waals surface area contributed by atoms with Gasteiger partial charge in [-0.1, -0.05) is 38.2 Å². The van der Waals surface area contributed by atoms with Gasteiger partial charge in [0, 0.05) is 0 Å². The van der Waals surface area contributed by atoms with E-state index in [1.54, 1.807) is 0 Å². The summed E-state index contributed by atoms with van der Waals surface area (Å²) >= 11 is 0. The minimum Gasteiger partial charge on any atom is -0.0848 e. The first-order chi connectivity index (χ1) is 3.91. The van der Waals surface area contributed by atoms with Gasteiger partial charge in [0.25, 0.3) is 0 Å². The lowest BCUT2D eigenvalue weighted by atomic mass is 10.3. The van der Waals surface area contributed by atoms with E-state index in [1.807, 2.05) is 0 Å². The van der Waals surface area contributed by atoms with Crippen LogP contribution in [0, 0.1) is 0 Å². The van der Waals surface area contributed by atoms with Gasteiger partial charge in [-0.05, 0) is 12.8 Å². The van der Waals surface area contributed by atoms with Crippen LogP contribution in [0.3, 0.4) is 0 Å². The van der Waals surface area contributed by atoms with Gasteiger partial charge in [-0.15, -0.1) is 0 Å². The lowest BCUT2D eigenvalue weighted by Crippen LogP contribution is -1.52. The molecule has 0 aromatic heterocycles. The first-order valence-corrected chi connectivity index (χ1v) is 3.23. The van der Waals surface area contributed by atoms with Crippen LogP contribution in [0.2, 0.25) is 0 Å². The van der Waals surface area contributed by atoms with E-state index in [0.717, 1.165) is 12.8 Å². The standard InChI is InChI=1S/C8H14/c1-3-5-7-8-6-4-2/h5-8H,3-4H2,1-2H3. The van der Waals surface area contributed by atoms with E-state index in [2.05, 4.69) is 38.2 Å². The lowest BCUT2D eigenvalue weighted by molar-refractivity contribution is 1.21. The van der Waals surface area contributed by atoms with E-state index in [-0.39, 0.29) is 0 Å². The smallest absolute Gasteiger partial charge is 0.0376 e. The highest BCUT2D eigenvalue weighted by molar-refractivity contribution is 5.01. The third-order valence-electron chi connectivity index (χ3n) is 0.855. The molecule has 0 aromatic rings. The molecule has 8 heavy (non-hydrogen) atoms. The van der Waals surface area contributed by atoms with Crippen molar-refractivity contribution in [1.29, 1.82) is 0 Å². The second kappa shape index (κ2) is 6.48. The summed E-state index contributed by atoms with van der Waals surface area (Å²) in [5, 5.41) is 0. The summed E-state index contributed by atoms with van der Waals surface area (Å²) < 4.78 is 0. The molecule has 0 aromatic carbocycles. The molecular formula is C8H14. The quantitative estimate of drug-likeness (QED) is 0.490. The van der Waals surface area contributed by atoms with Gasteiger partial charge in [0.05, 0.1) is 0 Å². The van der Waals surface area contributed by atoms with E-state index in [4.69, 9.17) is 0 Å². The molecule has 0 radical (unpaired) electrons. The van der Waals surface area contributed by atoms with E-state index in [1.165, 1.54) is 0 Å². The Balaban J connectivity index is 3.13. The fourth-order valence-electron chi connectivity index (χ4n) is 0.429. The molecular weight excluding hydrogens is 96.1 g/mol. The monoisotopic (exact) mass is 110 g/mol. The first kappa shape index (κ1) is 7.48. The maximum Gasteiger partial charge on any atom is -0.0376 e. The molecule has 0 unspecified atom stereocenters. The molecule has 0 heterocycles. The van der Waals surface area contributed by atoms with Gasteiger partial charge >= 0.3 is 0 Å². The molecule has 0 spiro atoms. The number of allylic oxidation sites excluding steroid dienone is 4. The van der Waals surface area contributed by atoms with Gasteiger partial charge in [-0.3, -0.25) is 0 Å². The molecule has 0 atom stereocenters. The zero-order valence-electron chi connectivity index (χ0n) is 5.72. The Morgan fingerprint density at radius 3 is 1.50 bits per heavy atom. The molecule has 0 bridgehead atoms. The van der Waals surface area contributed by atoms with Crippen LogP contribution in [0.4, 0.5) is 0 Å². The fraction of sp³-hybridized carbons (Fsp3) is 0.500. The van der Waals surface area contributed by atoms with Gasteiger partial charge in [0.1, 0.15) is 0 Å². The average molecular weight is 110 g/mol. The zero-order valence-corrected chi connectivity index (χ0v) is 5.72. The minimum atomic E-state index is 1.13. The van der Waals surface area contributed by atoms with Crippen LogP contribution >= 0.6 is 0 Å². The van der Waals surface area contributed by atoms with E-state index in [0.29, 0.717) is 0 Å². The van der Waals surface area contributed by atoms with Gasteiger partial charge in [0.2, 0.25) is 0 Å². The molecule has 0 aliphatic rings. The van der Waals surface area contributed by atoms with Gasteiger partial charge in [0.15, 0.2) is 0 Å². The van der Waals surface area contributed by atoms with Crippen molar-refractivity contribution < 1.29 is 0 Å². The number of hydrogen-bond acceptors (Lipinski definition) is 0. The predicted octanol–water partition coefficient (Wildman–Crippen LogP) is 2.92. The molecule has 0 saturated heterocycles. The third-order valence-corrected chi connectivity index (χ3v) is 0.855. The van der Waals surface area contributed by atoms with Crippen LogP contribution < -0.4 is 0 Å². The molecule has 0 heteroatoms. The van der Waals surface area contributed by atoms with Crippen molar-refractivity contribution in [2.75, 3.05) is 0 Å². The summed E-state index contributed by atoms with van der Waals surface area (Å²) in [6.45, 7) is 4.27. The van der Waals surface area contributed by atoms with E-state index in [9.17, 15) is 0 Å². The van der Waals surface area contributed by atoms with Gasteiger partial charge in [-0.2, -0.15) is 0 Å². The summed E-state index contributed by atoms with van der Waals surface area (Å²) in [5.41, 5.74) is 0. The highest BCUT2D eigenvalue weighted by Crippen LogP contribution is 1.83. The molecule has 46 valence electrons. The van der Waals surface area contributed by atoms with E-state index < -0.39 is 0 Å². The SMILES string of the molecule is CCC=CC=CCC. The van der Waals surface area contributed by atoms with Crippen LogP contribution in [0.5, 0.6) is 0 Å². The largest absolute Gasteiger partial charge is 0.0848 e. The Morgan fingerprint density at radius 2 is 1.25 bits per heavy atom. The maximum absolute atomic E-state index is 2.14. The van der Waals surface area contributed by atoms with Gasteiger partial charge < -0.3 is 0 Å². The van der Waals surface area contributed by atoms with Crippen molar-refractivity contribution in [3.63, 3.8) is 0 Å². The lowest BCUT2D eigenvalue weighted by Gasteiger charge is -1.74. The van der Waals surface area contributed by atoms with Crippen LogP contribution in [-0.2, 0) is 0 Å². The Hall–Kier alpha value is -0.520. The Kier molecular flexibility index (Phi) is 6.06. The third kappa shape index (κ3) is 5.48. The van der Waals surface area contributed by atoms with Crippen molar-refractivity contribution in [1.82, 2.24) is 0 Å². The van der Waals surface area contributed by atoms with Crippen LogP contribution in [0.15, 0.2) is 24.3 Å². The second-order valence-electron chi connectivity index (χ2n) is 1.67. The molecule has 0 saturated carbocycles. The molecule has 0 nitrogen and oxygen atoms in total. The van der Waals surface area contributed by atoms with Crippen molar-refractivity contribution in [2.45, 2.75) is 26.7 Å². The Morgan fingerprint density at radius 1 is 0.875 bits per heavy atom. The molecule has 0 N–H and O–H groups in total. The van der Waals surface area contributed by atoms with Crippen molar-refractivity contribution in [3.05, 3.63) is 24.3 Å². The highest BCUT2D eigenvalue weighted by atomic mass is 13.7. The number of hydrogen-bond donors (Lipinski definition) is 0. The van der Waals surface area contributed by atoms with Crippen molar-refractivity contribution in [3.8, 4) is 0 Å². The normalized spacial score (nSPS) is 11.8. The van der Waals surface area contributed by atoms with E-state index >= 15 is 0 Å². The first-order valence-electron chi connectivity index (χ1n) is 3.23. The second-order valence-corrected chi connectivity index (χ2v) is 1.67. The average Bonchev–Trinajstić information content (AvgIpc) is 1.81. The van der Waals surface area contributed by atoms with Crippen molar-refractivity contribution >= 4 is 0 Å². The minimum absolute atomic E-state index is 1.13. The molecule has 0 aliphatic heterocycles. The molecule has 0 amide bonds. The maximum atomic E-state index is 2.14. The summed E-state index contributed by atoms with van der Waals surface area (Å²) in [5.74, 6) is 0. The summed E-state index contributed by atoms with van der Waals surface area (Å²) in [7, 11) is 0. The highest BCUT2D eigenvalue weighted by Gasteiger charge is 1.61.